The van der Waals surface area contributed by atoms with Gasteiger partial charge in [0.05, 0.1) is 0 Å². The van der Waals surface area contributed by atoms with Crippen LogP contribution in [0.25, 0.3) is 0 Å². The first kappa shape index (κ1) is 14.8. The highest BCUT2D eigenvalue weighted by molar-refractivity contribution is 5.91. The van der Waals surface area contributed by atoms with Crippen molar-refractivity contribution in [2.24, 2.45) is 0 Å². The lowest BCUT2D eigenvalue weighted by molar-refractivity contribution is -0.141. The first-order valence-corrected chi connectivity index (χ1v) is 5.83. The number of aryl methyl sites for hydroxylation is 1. The second kappa shape index (κ2) is 5.43. The third kappa shape index (κ3) is 3.50. The van der Waals surface area contributed by atoms with E-state index in [1.165, 1.54) is 18.2 Å². The molecule has 0 radical (unpaired) electrons. The average molecular weight is 297 g/mol. The predicted molar refractivity (Wildman–Crippen MR) is 67.5 cm³/mol. The number of pyridine rings is 1. The highest BCUT2D eigenvalue weighted by Crippen LogP contribution is 2.31. The van der Waals surface area contributed by atoms with E-state index >= 15 is 0 Å². The summed E-state index contributed by atoms with van der Waals surface area (Å²) in [6, 6.07) is 7.48. The Morgan fingerprint density at radius 3 is 2.57 bits per heavy atom. The number of benzene rings is 1. The Kier molecular flexibility index (Phi) is 3.84. The molecule has 110 valence electrons. The maximum atomic E-state index is 12.6. The van der Waals surface area contributed by atoms with Crippen LogP contribution in [0.15, 0.2) is 36.4 Å². The highest BCUT2D eigenvalue weighted by Gasteiger charge is 2.32. The van der Waals surface area contributed by atoms with Crippen molar-refractivity contribution in [1.29, 1.82) is 0 Å². The van der Waals surface area contributed by atoms with Crippen LogP contribution in [0, 0.1) is 6.92 Å². The van der Waals surface area contributed by atoms with Crippen molar-refractivity contribution >= 4 is 5.97 Å². The summed E-state index contributed by atoms with van der Waals surface area (Å²) < 4.78 is 42.9. The first-order valence-electron chi connectivity index (χ1n) is 5.83. The summed E-state index contributed by atoms with van der Waals surface area (Å²) in [6.45, 7) is 1.71. The summed E-state index contributed by atoms with van der Waals surface area (Å²) in [5.41, 5.74) is -0.550. The SMILES string of the molecule is Cc1ccc(C(=O)O)c(Oc2cccc(C(F)(F)F)n2)c1. The minimum absolute atomic E-state index is 0.0608. The molecule has 0 aliphatic carbocycles. The van der Waals surface area contributed by atoms with Gasteiger partial charge in [-0.15, -0.1) is 0 Å². The molecule has 0 fully saturated rings. The van der Waals surface area contributed by atoms with Crippen molar-refractivity contribution in [3.8, 4) is 11.6 Å². The number of aromatic carboxylic acids is 1. The smallest absolute Gasteiger partial charge is 0.433 e. The molecule has 0 spiro atoms. The van der Waals surface area contributed by atoms with Crippen LogP contribution < -0.4 is 4.74 Å². The number of ether oxygens (including phenoxy) is 1. The van der Waals surface area contributed by atoms with Crippen molar-refractivity contribution in [2.75, 3.05) is 0 Å². The third-order valence-electron chi connectivity index (χ3n) is 2.60. The molecule has 4 nitrogen and oxygen atoms in total. The van der Waals surface area contributed by atoms with E-state index in [0.29, 0.717) is 5.56 Å². The number of alkyl halides is 3. The summed E-state index contributed by atoms with van der Waals surface area (Å²) in [4.78, 5) is 14.4. The molecule has 1 heterocycles. The molecule has 0 saturated carbocycles. The van der Waals surface area contributed by atoms with Crippen LogP contribution in [0.4, 0.5) is 13.2 Å². The van der Waals surface area contributed by atoms with Gasteiger partial charge in [0.25, 0.3) is 0 Å². The van der Waals surface area contributed by atoms with Crippen molar-refractivity contribution in [3.63, 3.8) is 0 Å². The third-order valence-corrected chi connectivity index (χ3v) is 2.60. The Bertz CT molecular complexity index is 683. The number of carbonyl (C=O) groups is 1. The minimum atomic E-state index is -4.60. The fourth-order valence-electron chi connectivity index (χ4n) is 1.63. The maximum Gasteiger partial charge on any atom is 0.433 e. The van der Waals surface area contributed by atoms with Gasteiger partial charge in [-0.05, 0) is 30.7 Å². The van der Waals surface area contributed by atoms with Crippen LogP contribution in [0.3, 0.4) is 0 Å². The molecular weight excluding hydrogens is 287 g/mol. The van der Waals surface area contributed by atoms with Crippen molar-refractivity contribution < 1.29 is 27.8 Å². The van der Waals surface area contributed by atoms with Gasteiger partial charge < -0.3 is 9.84 Å². The van der Waals surface area contributed by atoms with Gasteiger partial charge in [0.15, 0.2) is 0 Å². The summed E-state index contributed by atoms with van der Waals surface area (Å²) >= 11 is 0. The van der Waals surface area contributed by atoms with Crippen molar-refractivity contribution in [2.45, 2.75) is 13.1 Å². The van der Waals surface area contributed by atoms with Crippen molar-refractivity contribution in [1.82, 2.24) is 4.98 Å². The number of rotatable bonds is 3. The Labute approximate surface area is 117 Å². The molecule has 2 rings (SSSR count). The quantitative estimate of drug-likeness (QED) is 0.933. The topological polar surface area (TPSA) is 59.4 Å². The molecule has 0 amide bonds. The number of hydrogen-bond acceptors (Lipinski definition) is 3. The largest absolute Gasteiger partial charge is 0.478 e. The first-order chi connectivity index (χ1) is 9.77. The monoisotopic (exact) mass is 297 g/mol. The zero-order valence-corrected chi connectivity index (χ0v) is 10.8. The minimum Gasteiger partial charge on any atom is -0.478 e. The van der Waals surface area contributed by atoms with E-state index in [9.17, 15) is 18.0 Å². The number of aromatic nitrogens is 1. The molecule has 1 aromatic heterocycles. The lowest BCUT2D eigenvalue weighted by Gasteiger charge is -2.11. The number of nitrogens with zero attached hydrogens (tertiary/aromatic N) is 1. The fourth-order valence-corrected chi connectivity index (χ4v) is 1.63. The second-order valence-corrected chi connectivity index (χ2v) is 4.27. The van der Waals surface area contributed by atoms with Crippen LogP contribution in [0.1, 0.15) is 21.6 Å². The molecule has 1 aromatic carbocycles. The second-order valence-electron chi connectivity index (χ2n) is 4.27. The lowest BCUT2D eigenvalue weighted by Crippen LogP contribution is -2.08. The number of carboxylic acids is 1. The van der Waals surface area contributed by atoms with Gasteiger partial charge in [0, 0.05) is 6.07 Å². The van der Waals surface area contributed by atoms with Crippen LogP contribution in [-0.4, -0.2) is 16.1 Å². The van der Waals surface area contributed by atoms with Crippen LogP contribution in [0.2, 0.25) is 0 Å². The number of halogens is 3. The Morgan fingerprint density at radius 1 is 1.24 bits per heavy atom. The van der Waals surface area contributed by atoms with Gasteiger partial charge in [-0.1, -0.05) is 12.1 Å². The average Bonchev–Trinajstić information content (AvgIpc) is 2.37. The zero-order chi connectivity index (χ0) is 15.6. The molecule has 0 unspecified atom stereocenters. The van der Waals surface area contributed by atoms with Crippen LogP contribution in [-0.2, 0) is 6.18 Å². The molecule has 0 aliphatic heterocycles. The maximum absolute atomic E-state index is 12.6. The van der Waals surface area contributed by atoms with Gasteiger partial charge >= 0.3 is 12.1 Å². The van der Waals surface area contributed by atoms with E-state index in [1.54, 1.807) is 13.0 Å². The summed E-state index contributed by atoms with van der Waals surface area (Å²) in [5.74, 6) is -1.62. The van der Waals surface area contributed by atoms with Gasteiger partial charge in [-0.3, -0.25) is 0 Å². The predicted octanol–water partition coefficient (Wildman–Crippen LogP) is 3.90. The lowest BCUT2D eigenvalue weighted by atomic mass is 10.1. The van der Waals surface area contributed by atoms with Gasteiger partial charge in [0.2, 0.25) is 5.88 Å². The summed E-state index contributed by atoms with van der Waals surface area (Å²) in [7, 11) is 0. The van der Waals surface area contributed by atoms with Gasteiger partial charge in [0.1, 0.15) is 17.0 Å². The fraction of sp³-hybridized carbons (Fsp3) is 0.143. The molecule has 1 N–H and O–H groups in total. The van der Waals surface area contributed by atoms with Crippen LogP contribution in [0.5, 0.6) is 11.6 Å². The Balaban J connectivity index is 2.39. The normalized spacial score (nSPS) is 11.2. The van der Waals surface area contributed by atoms with E-state index in [0.717, 1.165) is 12.1 Å². The molecule has 21 heavy (non-hydrogen) atoms. The summed E-state index contributed by atoms with van der Waals surface area (Å²) in [5, 5.41) is 9.04. The Hall–Kier alpha value is -2.57. The zero-order valence-electron chi connectivity index (χ0n) is 10.8. The van der Waals surface area contributed by atoms with Gasteiger partial charge in [-0.25, -0.2) is 9.78 Å². The molecule has 0 saturated heterocycles. The van der Waals surface area contributed by atoms with E-state index in [4.69, 9.17) is 9.84 Å². The molecule has 0 aliphatic rings. The van der Waals surface area contributed by atoms with E-state index in [1.807, 2.05) is 0 Å². The highest BCUT2D eigenvalue weighted by atomic mass is 19.4. The molecule has 0 bridgehead atoms. The van der Waals surface area contributed by atoms with E-state index in [-0.39, 0.29) is 17.2 Å². The molecule has 7 heteroatoms. The van der Waals surface area contributed by atoms with E-state index < -0.39 is 17.8 Å². The summed E-state index contributed by atoms with van der Waals surface area (Å²) in [6.07, 6.45) is -4.60. The molecular formula is C14H10F3NO3. The number of carboxylic acid groups (broad SMARTS) is 1. The number of hydrogen-bond donors (Lipinski definition) is 1. The molecule has 2 aromatic rings. The standard InChI is InChI=1S/C14H10F3NO3/c1-8-5-6-9(13(19)20)10(7-8)21-12-4-2-3-11(18-12)14(15,16)17/h2-7H,1H3,(H,19,20). The van der Waals surface area contributed by atoms with E-state index in [2.05, 4.69) is 4.98 Å². The van der Waals surface area contributed by atoms with Crippen LogP contribution >= 0.6 is 0 Å². The Morgan fingerprint density at radius 2 is 1.95 bits per heavy atom. The van der Waals surface area contributed by atoms with Crippen molar-refractivity contribution in [3.05, 3.63) is 53.2 Å². The van der Waals surface area contributed by atoms with Gasteiger partial charge in [-0.2, -0.15) is 13.2 Å². The molecule has 0 atom stereocenters.